The highest BCUT2D eigenvalue weighted by atomic mass is 19.4. The average Bonchev–Trinajstić information content (AvgIpc) is 3.79. The van der Waals surface area contributed by atoms with Crippen molar-refractivity contribution in [1.82, 2.24) is 25.2 Å². The highest BCUT2D eigenvalue weighted by Gasteiger charge is 2.68. The van der Waals surface area contributed by atoms with Crippen LogP contribution in [0.1, 0.15) is 71.4 Å². The lowest BCUT2D eigenvalue weighted by molar-refractivity contribution is -0.192. The van der Waals surface area contributed by atoms with Crippen molar-refractivity contribution in [2.24, 2.45) is 18.4 Å². The first-order valence-electron chi connectivity index (χ1n) is 15.4. The van der Waals surface area contributed by atoms with Gasteiger partial charge in [0.15, 0.2) is 12.3 Å². The maximum absolute atomic E-state index is 14.0. The van der Waals surface area contributed by atoms with Crippen molar-refractivity contribution in [3.63, 3.8) is 0 Å². The van der Waals surface area contributed by atoms with E-state index in [1.165, 1.54) is 11.6 Å². The Bertz CT molecular complexity index is 1740. The second-order valence-corrected chi connectivity index (χ2v) is 12.5. The summed E-state index contributed by atoms with van der Waals surface area (Å²) >= 11 is 0. The molecule has 19 heteroatoms. The van der Waals surface area contributed by atoms with Crippen LogP contribution in [0.2, 0.25) is 0 Å². The number of benzene rings is 1. The molecule has 2 amide bonds. The summed E-state index contributed by atoms with van der Waals surface area (Å²) in [7, 11) is 1.36. The third-order valence-corrected chi connectivity index (χ3v) is 9.02. The van der Waals surface area contributed by atoms with E-state index in [1.54, 1.807) is 0 Å². The second-order valence-electron chi connectivity index (χ2n) is 12.5. The molecule has 0 saturated heterocycles. The van der Waals surface area contributed by atoms with Crippen molar-refractivity contribution in [2.75, 3.05) is 6.61 Å². The molecule has 2 N–H and O–H groups in total. The first-order chi connectivity index (χ1) is 23.2. The Kier molecular flexibility index (Phi) is 10.0. The smallest absolute Gasteiger partial charge is 0.416 e. The lowest BCUT2D eigenvalue weighted by atomic mass is 9.85. The molecule has 0 bridgehead atoms. The van der Waals surface area contributed by atoms with Crippen molar-refractivity contribution in [1.29, 1.82) is 0 Å². The summed E-state index contributed by atoms with van der Waals surface area (Å²) < 4.78 is 154. The molecule has 2 aliphatic rings. The van der Waals surface area contributed by atoms with E-state index < -0.39 is 98.0 Å². The molecular formula is C31H30F11N5O3. The number of fused-ring (bicyclic) bond motifs is 1. The number of rotatable bonds is 10. The molecular weight excluding hydrogens is 699 g/mol. The van der Waals surface area contributed by atoms with Gasteiger partial charge in [0.05, 0.1) is 11.5 Å². The van der Waals surface area contributed by atoms with Gasteiger partial charge in [-0.05, 0) is 61.8 Å². The van der Waals surface area contributed by atoms with E-state index in [-0.39, 0.29) is 59.4 Å². The first-order valence-corrected chi connectivity index (χ1v) is 15.4. The van der Waals surface area contributed by atoms with Crippen LogP contribution < -0.4 is 15.4 Å². The van der Waals surface area contributed by atoms with Crippen LogP contribution in [-0.4, -0.2) is 57.8 Å². The number of nitrogens with one attached hydrogen (secondary N) is 2. The van der Waals surface area contributed by atoms with Crippen LogP contribution in [0.5, 0.6) is 5.88 Å². The van der Waals surface area contributed by atoms with Gasteiger partial charge >= 0.3 is 18.5 Å². The molecule has 274 valence electrons. The average molecular weight is 730 g/mol. The number of nitrogens with zero attached hydrogens (tertiary/aromatic N) is 3. The van der Waals surface area contributed by atoms with E-state index in [0.29, 0.717) is 0 Å². The minimum Gasteiger partial charge on any atom is -0.471 e. The Hall–Kier alpha value is -4.19. The fourth-order valence-corrected chi connectivity index (χ4v) is 6.01. The van der Waals surface area contributed by atoms with E-state index >= 15 is 0 Å². The Morgan fingerprint density at radius 2 is 1.64 bits per heavy atom. The number of imidazole rings is 1. The molecule has 2 aliphatic carbocycles. The summed E-state index contributed by atoms with van der Waals surface area (Å²) in [4.78, 5) is 33.9. The summed E-state index contributed by atoms with van der Waals surface area (Å²) in [6, 6.07) is 3.25. The highest BCUT2D eigenvalue weighted by Crippen LogP contribution is 2.57. The molecule has 50 heavy (non-hydrogen) atoms. The first kappa shape index (κ1) is 37.1. The van der Waals surface area contributed by atoms with Gasteiger partial charge in [0.25, 0.3) is 12.3 Å². The van der Waals surface area contributed by atoms with Crippen molar-refractivity contribution in [3.8, 4) is 5.88 Å². The highest BCUT2D eigenvalue weighted by molar-refractivity contribution is 5.99. The number of aryl methyl sites for hydroxylation is 1. The molecule has 1 aromatic carbocycles. The van der Waals surface area contributed by atoms with Gasteiger partial charge in [-0.3, -0.25) is 9.59 Å². The van der Waals surface area contributed by atoms with Crippen LogP contribution in [0.3, 0.4) is 0 Å². The number of amides is 2. The molecule has 0 radical (unpaired) electrons. The molecule has 2 aromatic heterocycles. The van der Waals surface area contributed by atoms with E-state index in [2.05, 4.69) is 20.6 Å². The SMILES string of the molecule is Cn1c(Cc2cc(CNC(=O)C3(C(F)(F)F)CC3)ccc2C(F)(F)F)nc2cc(C(=O)NC3CCC(C(F)(F)F)CC3)c(OCC(F)F)nc21. The van der Waals surface area contributed by atoms with Gasteiger partial charge in [0.1, 0.15) is 22.3 Å². The molecule has 2 fully saturated rings. The number of halogens is 11. The monoisotopic (exact) mass is 729 g/mol. The lowest BCUT2D eigenvalue weighted by Gasteiger charge is -2.30. The van der Waals surface area contributed by atoms with Gasteiger partial charge in [0.2, 0.25) is 11.8 Å². The molecule has 0 atom stereocenters. The summed E-state index contributed by atoms with van der Waals surface area (Å²) in [5.41, 5.74) is -4.39. The predicted octanol–water partition coefficient (Wildman–Crippen LogP) is 7.03. The van der Waals surface area contributed by atoms with Crippen molar-refractivity contribution in [3.05, 3.63) is 52.3 Å². The van der Waals surface area contributed by atoms with Gasteiger partial charge in [0, 0.05) is 26.1 Å². The number of pyridine rings is 1. The third kappa shape index (κ3) is 7.90. The van der Waals surface area contributed by atoms with Crippen LogP contribution in [0.4, 0.5) is 48.3 Å². The topological polar surface area (TPSA) is 98.1 Å². The summed E-state index contributed by atoms with van der Waals surface area (Å²) in [5, 5.41) is 4.71. The van der Waals surface area contributed by atoms with Crippen LogP contribution in [0, 0.1) is 11.3 Å². The number of alkyl halides is 11. The van der Waals surface area contributed by atoms with Crippen LogP contribution in [-0.2, 0) is 31.0 Å². The minimum absolute atomic E-state index is 0.0000329. The van der Waals surface area contributed by atoms with Gasteiger partial charge in [-0.25, -0.2) is 13.8 Å². The largest absolute Gasteiger partial charge is 0.471 e. The standard InChI is InChI=1S/C31H30F11N5O3/c1-47-23(11-16-10-15(2-7-20(16)30(37,38)39)13-43-27(49)28(8-9-28)31(40,41)42)45-21-12-19(26(46-24(21)47)50-14-22(32)33)25(48)44-18-5-3-17(4-6-18)29(34,35)36/h2,7,10,12,17-18,22H,3-6,8-9,11,13-14H2,1H3,(H,43,49)(H,44,48). The summed E-state index contributed by atoms with van der Waals surface area (Å²) in [6.45, 7) is -1.67. The number of carbonyl (C=O) groups excluding carboxylic acids is 2. The maximum Gasteiger partial charge on any atom is 0.416 e. The fraction of sp³-hybridized carbons (Fsp3) is 0.548. The number of carbonyl (C=O) groups is 2. The fourth-order valence-electron chi connectivity index (χ4n) is 6.01. The number of hydrogen-bond donors (Lipinski definition) is 2. The molecule has 0 spiro atoms. The van der Waals surface area contributed by atoms with Gasteiger partial charge in [-0.15, -0.1) is 0 Å². The lowest BCUT2D eigenvalue weighted by Crippen LogP contribution is -2.40. The van der Waals surface area contributed by atoms with Crippen LogP contribution in [0.15, 0.2) is 24.3 Å². The van der Waals surface area contributed by atoms with Gasteiger partial charge < -0.3 is 19.9 Å². The van der Waals surface area contributed by atoms with Crippen molar-refractivity contribution < 1.29 is 62.6 Å². The zero-order valence-electron chi connectivity index (χ0n) is 26.1. The Morgan fingerprint density at radius 1 is 0.980 bits per heavy atom. The van der Waals surface area contributed by atoms with E-state index in [0.717, 1.165) is 24.3 Å². The zero-order chi connectivity index (χ0) is 36.8. The van der Waals surface area contributed by atoms with Gasteiger partial charge in [-0.1, -0.05) is 12.1 Å². The number of aromatic nitrogens is 3. The maximum atomic E-state index is 14.0. The van der Waals surface area contributed by atoms with Crippen molar-refractivity contribution >= 4 is 23.0 Å². The van der Waals surface area contributed by atoms with E-state index in [9.17, 15) is 57.9 Å². The predicted molar refractivity (Wildman–Crippen MR) is 153 cm³/mol. The van der Waals surface area contributed by atoms with E-state index in [1.807, 2.05) is 0 Å². The molecule has 8 nitrogen and oxygen atoms in total. The Balaban J connectivity index is 1.41. The number of ether oxygens (including phenoxy) is 1. The zero-order valence-corrected chi connectivity index (χ0v) is 26.1. The van der Waals surface area contributed by atoms with Gasteiger partial charge in [-0.2, -0.15) is 44.5 Å². The quantitative estimate of drug-likeness (QED) is 0.219. The normalized spacial score (nSPS) is 19.5. The van der Waals surface area contributed by atoms with Crippen LogP contribution >= 0.6 is 0 Å². The number of hydrogen-bond acceptors (Lipinski definition) is 5. The molecule has 0 aliphatic heterocycles. The summed E-state index contributed by atoms with van der Waals surface area (Å²) in [5.74, 6) is -4.30. The molecule has 2 saturated carbocycles. The minimum atomic E-state index is -4.87. The Morgan fingerprint density at radius 3 is 2.20 bits per heavy atom. The molecule has 5 rings (SSSR count). The van der Waals surface area contributed by atoms with E-state index in [4.69, 9.17) is 4.74 Å². The molecule has 3 aromatic rings. The Labute approximate surface area is 276 Å². The molecule has 0 unspecified atom stereocenters. The summed E-state index contributed by atoms with van der Waals surface area (Å²) in [6.07, 6.45) is -18.8. The van der Waals surface area contributed by atoms with Crippen molar-refractivity contribution in [2.45, 2.75) is 82.5 Å². The second kappa shape index (κ2) is 13.5. The van der Waals surface area contributed by atoms with Crippen LogP contribution in [0.25, 0.3) is 11.2 Å². The third-order valence-electron chi connectivity index (χ3n) is 9.02. The molecule has 2 heterocycles.